The molecule has 2 aromatic rings. The van der Waals surface area contributed by atoms with Gasteiger partial charge in [-0.25, -0.2) is 4.79 Å². The minimum Gasteiger partial charge on any atom is -0.491 e. The second kappa shape index (κ2) is 10.9. The van der Waals surface area contributed by atoms with E-state index in [1.807, 2.05) is 36.4 Å². The van der Waals surface area contributed by atoms with Crippen molar-refractivity contribution in [3.63, 3.8) is 0 Å². The van der Waals surface area contributed by atoms with E-state index in [0.29, 0.717) is 11.3 Å². The molecular formula is C23H26N2O5. The third kappa shape index (κ3) is 8.65. The first-order valence-corrected chi connectivity index (χ1v) is 9.57. The van der Waals surface area contributed by atoms with Crippen LogP contribution in [0.1, 0.15) is 38.3 Å². The van der Waals surface area contributed by atoms with Crippen molar-refractivity contribution in [2.75, 3.05) is 6.61 Å². The number of nitriles is 1. The number of carbonyl (C=O) groups excluding carboxylic acids is 2. The summed E-state index contributed by atoms with van der Waals surface area (Å²) in [4.78, 5) is 24.4. The van der Waals surface area contributed by atoms with Gasteiger partial charge in [0.15, 0.2) is 0 Å². The van der Waals surface area contributed by atoms with E-state index in [4.69, 9.17) is 19.5 Å². The number of carbonyl (C=O) groups is 2. The maximum absolute atomic E-state index is 12.3. The van der Waals surface area contributed by atoms with Crippen molar-refractivity contribution < 1.29 is 23.8 Å². The molecule has 30 heavy (non-hydrogen) atoms. The zero-order valence-electron chi connectivity index (χ0n) is 17.4. The van der Waals surface area contributed by atoms with Gasteiger partial charge in [-0.3, -0.25) is 4.79 Å². The first-order chi connectivity index (χ1) is 14.2. The summed E-state index contributed by atoms with van der Waals surface area (Å²) in [5.41, 5.74) is 0.642. The third-order valence-corrected chi connectivity index (χ3v) is 3.79. The van der Waals surface area contributed by atoms with Crippen molar-refractivity contribution in [3.05, 3.63) is 65.7 Å². The van der Waals surface area contributed by atoms with Gasteiger partial charge in [0.1, 0.15) is 24.6 Å². The Morgan fingerprint density at radius 2 is 1.83 bits per heavy atom. The van der Waals surface area contributed by atoms with Crippen molar-refractivity contribution in [1.29, 1.82) is 5.26 Å². The molecule has 2 rings (SSSR count). The molecule has 0 saturated carbocycles. The molecular weight excluding hydrogens is 384 g/mol. The molecule has 0 aliphatic rings. The summed E-state index contributed by atoms with van der Waals surface area (Å²) in [6.45, 7) is 5.40. The number of amides is 1. The fourth-order valence-electron chi connectivity index (χ4n) is 2.48. The summed E-state index contributed by atoms with van der Waals surface area (Å²) < 4.78 is 16.2. The molecule has 0 radical (unpaired) electrons. The molecule has 0 heterocycles. The second-order valence-corrected chi connectivity index (χ2v) is 7.64. The summed E-state index contributed by atoms with van der Waals surface area (Å²) in [5, 5.41) is 11.6. The van der Waals surface area contributed by atoms with Crippen LogP contribution in [0.25, 0.3) is 0 Å². The third-order valence-electron chi connectivity index (χ3n) is 3.79. The summed E-state index contributed by atoms with van der Waals surface area (Å²) >= 11 is 0. The number of rotatable bonds is 8. The molecule has 1 N–H and O–H groups in total. The first kappa shape index (κ1) is 22.8. The normalized spacial score (nSPS) is 11.7. The van der Waals surface area contributed by atoms with Crippen LogP contribution in [0.15, 0.2) is 54.6 Å². The number of alkyl carbamates (subject to hydrolysis) is 1. The number of hydrogen-bond acceptors (Lipinski definition) is 6. The van der Waals surface area contributed by atoms with Crippen molar-refractivity contribution in [3.8, 4) is 11.8 Å². The molecule has 0 spiro atoms. The topological polar surface area (TPSA) is 97.6 Å². The molecule has 0 aliphatic carbocycles. The smallest absolute Gasteiger partial charge is 0.408 e. The molecule has 0 saturated heterocycles. The van der Waals surface area contributed by atoms with E-state index in [1.165, 1.54) is 0 Å². The van der Waals surface area contributed by atoms with Crippen LogP contribution in [0, 0.1) is 11.3 Å². The molecule has 7 heteroatoms. The van der Waals surface area contributed by atoms with Gasteiger partial charge in [0.25, 0.3) is 0 Å². The van der Waals surface area contributed by atoms with E-state index in [1.54, 1.807) is 45.0 Å². The van der Waals surface area contributed by atoms with Gasteiger partial charge in [-0.2, -0.15) is 5.26 Å². The molecule has 0 bridgehead atoms. The Hall–Kier alpha value is -3.53. The van der Waals surface area contributed by atoms with E-state index in [-0.39, 0.29) is 19.6 Å². The summed E-state index contributed by atoms with van der Waals surface area (Å²) in [6.07, 6.45) is -0.748. The number of nitrogens with one attached hydrogen (secondary N) is 1. The molecule has 1 amide bonds. The monoisotopic (exact) mass is 410 g/mol. The fraction of sp³-hybridized carbons (Fsp3) is 0.348. The number of esters is 1. The maximum atomic E-state index is 12.3. The van der Waals surface area contributed by atoms with Gasteiger partial charge in [-0.1, -0.05) is 36.4 Å². The van der Waals surface area contributed by atoms with E-state index < -0.39 is 23.7 Å². The lowest BCUT2D eigenvalue weighted by molar-refractivity contribution is -0.145. The minimum absolute atomic E-state index is 0.00849. The lowest BCUT2D eigenvalue weighted by Crippen LogP contribution is -2.43. The van der Waals surface area contributed by atoms with Crippen LogP contribution in [-0.2, 0) is 20.9 Å². The zero-order valence-corrected chi connectivity index (χ0v) is 17.4. The average Bonchev–Trinajstić information content (AvgIpc) is 2.70. The highest BCUT2D eigenvalue weighted by Crippen LogP contribution is 2.14. The highest BCUT2D eigenvalue weighted by atomic mass is 16.6. The summed E-state index contributed by atoms with van der Waals surface area (Å²) in [6, 6.07) is 17.3. The van der Waals surface area contributed by atoms with Crippen molar-refractivity contribution in [1.82, 2.24) is 5.32 Å². The number of hydrogen-bond donors (Lipinski definition) is 1. The molecule has 0 unspecified atom stereocenters. The van der Waals surface area contributed by atoms with E-state index in [2.05, 4.69) is 5.32 Å². The van der Waals surface area contributed by atoms with E-state index >= 15 is 0 Å². The highest BCUT2D eigenvalue weighted by molar-refractivity contribution is 5.73. The summed E-state index contributed by atoms with van der Waals surface area (Å²) in [7, 11) is 0. The quantitative estimate of drug-likeness (QED) is 0.662. The molecule has 7 nitrogen and oxygen atoms in total. The van der Waals surface area contributed by atoms with Crippen LogP contribution in [0.4, 0.5) is 4.79 Å². The molecule has 1 atom stereocenters. The van der Waals surface area contributed by atoms with Crippen LogP contribution in [-0.4, -0.2) is 30.3 Å². The van der Waals surface area contributed by atoms with Gasteiger partial charge in [-0.05, 0) is 44.5 Å². The number of nitrogens with zero attached hydrogens (tertiary/aromatic N) is 1. The largest absolute Gasteiger partial charge is 0.491 e. The SMILES string of the molecule is CC(C)(C)OC(=O)N[C@@H](COc1cccc(C#N)c1)CC(=O)OCc1ccccc1. The van der Waals surface area contributed by atoms with Crippen LogP contribution in [0.5, 0.6) is 5.75 Å². The molecule has 2 aromatic carbocycles. The minimum atomic E-state index is -0.676. The Morgan fingerprint density at radius 3 is 2.50 bits per heavy atom. The van der Waals surface area contributed by atoms with Crippen LogP contribution in [0.3, 0.4) is 0 Å². The summed E-state index contributed by atoms with van der Waals surface area (Å²) in [5.74, 6) is -0.0167. The van der Waals surface area contributed by atoms with E-state index in [0.717, 1.165) is 5.56 Å². The van der Waals surface area contributed by atoms with Crippen LogP contribution >= 0.6 is 0 Å². The van der Waals surface area contributed by atoms with Crippen molar-refractivity contribution in [2.45, 2.75) is 45.4 Å². The molecule has 0 aliphatic heterocycles. The van der Waals surface area contributed by atoms with Gasteiger partial charge in [-0.15, -0.1) is 0 Å². The molecule has 158 valence electrons. The van der Waals surface area contributed by atoms with E-state index in [9.17, 15) is 9.59 Å². The molecule has 0 fully saturated rings. The maximum Gasteiger partial charge on any atom is 0.408 e. The lowest BCUT2D eigenvalue weighted by Gasteiger charge is -2.23. The van der Waals surface area contributed by atoms with Gasteiger partial charge in [0.05, 0.1) is 24.1 Å². The van der Waals surface area contributed by atoms with Crippen LogP contribution < -0.4 is 10.1 Å². The van der Waals surface area contributed by atoms with Gasteiger partial charge in [0, 0.05) is 0 Å². The highest BCUT2D eigenvalue weighted by Gasteiger charge is 2.22. The molecule has 0 aromatic heterocycles. The van der Waals surface area contributed by atoms with Crippen LogP contribution in [0.2, 0.25) is 0 Å². The fourth-order valence-corrected chi connectivity index (χ4v) is 2.48. The Kier molecular flexibility index (Phi) is 8.24. The Morgan fingerprint density at radius 1 is 1.10 bits per heavy atom. The Labute approximate surface area is 176 Å². The zero-order chi connectivity index (χ0) is 22.0. The van der Waals surface area contributed by atoms with Crippen molar-refractivity contribution >= 4 is 12.1 Å². The standard InChI is InChI=1S/C23H26N2O5/c1-23(2,3)30-22(27)25-19(16-28-20-11-7-10-18(12-20)14-24)13-21(26)29-15-17-8-5-4-6-9-17/h4-12,19H,13,15-16H2,1-3H3,(H,25,27)/t19-/m1/s1. The van der Waals surface area contributed by atoms with Gasteiger partial charge < -0.3 is 19.5 Å². The second-order valence-electron chi connectivity index (χ2n) is 7.64. The first-order valence-electron chi connectivity index (χ1n) is 9.57. The van der Waals surface area contributed by atoms with Crippen molar-refractivity contribution in [2.24, 2.45) is 0 Å². The van der Waals surface area contributed by atoms with Gasteiger partial charge >= 0.3 is 12.1 Å². The lowest BCUT2D eigenvalue weighted by atomic mass is 10.2. The predicted octanol–water partition coefficient (Wildman–Crippen LogP) is 3.96. The average molecular weight is 410 g/mol. The predicted molar refractivity (Wildman–Crippen MR) is 111 cm³/mol. The Balaban J connectivity index is 1.97. The Bertz CT molecular complexity index is 884. The van der Waals surface area contributed by atoms with Gasteiger partial charge in [0.2, 0.25) is 0 Å². The number of benzene rings is 2. The number of ether oxygens (including phenoxy) is 3.